The number of aromatic hydroxyl groups is 2. The summed E-state index contributed by atoms with van der Waals surface area (Å²) in [6.45, 7) is 0. The summed E-state index contributed by atoms with van der Waals surface area (Å²) < 4.78 is 10.4. The van der Waals surface area contributed by atoms with Crippen LogP contribution in [0, 0.1) is 0 Å². The van der Waals surface area contributed by atoms with Gasteiger partial charge >= 0.3 is 5.63 Å². The molecule has 0 saturated heterocycles. The Labute approximate surface area is 119 Å². The Balaban J connectivity index is 2.35. The molecule has 0 atom stereocenters. The fourth-order valence-corrected chi connectivity index (χ4v) is 3.18. The average molecular weight is 284 g/mol. The Morgan fingerprint density at radius 2 is 1.76 bits per heavy atom. The number of benzene rings is 2. The van der Waals surface area contributed by atoms with Crippen LogP contribution in [-0.4, -0.2) is 17.3 Å². The zero-order valence-corrected chi connectivity index (χ0v) is 11.3. The van der Waals surface area contributed by atoms with Gasteiger partial charge in [0.05, 0.1) is 7.11 Å². The van der Waals surface area contributed by atoms with Crippen LogP contribution in [0.3, 0.4) is 0 Å². The molecule has 0 amide bonds. The standard InChI is InChI=1S/C16H12O5/c1-20-11-5-8-3-2-7-4-9(17)6-10-12(7)13(8)14(15(11)18)16(19)21-10/h4-6,17-18H,2-3H2,1H3. The number of methoxy groups -OCH3 is 1. The van der Waals surface area contributed by atoms with E-state index < -0.39 is 5.63 Å². The first-order valence-corrected chi connectivity index (χ1v) is 6.61. The van der Waals surface area contributed by atoms with Crippen molar-refractivity contribution in [3.8, 4) is 17.2 Å². The van der Waals surface area contributed by atoms with Gasteiger partial charge in [-0.15, -0.1) is 0 Å². The van der Waals surface area contributed by atoms with Gasteiger partial charge < -0.3 is 19.4 Å². The van der Waals surface area contributed by atoms with Crippen LogP contribution < -0.4 is 10.4 Å². The van der Waals surface area contributed by atoms with Gasteiger partial charge in [-0.2, -0.15) is 0 Å². The lowest BCUT2D eigenvalue weighted by Gasteiger charge is -2.19. The molecule has 0 bridgehead atoms. The van der Waals surface area contributed by atoms with Gasteiger partial charge in [-0.25, -0.2) is 4.79 Å². The quantitative estimate of drug-likeness (QED) is 0.530. The molecule has 2 aromatic carbocycles. The van der Waals surface area contributed by atoms with Gasteiger partial charge in [-0.1, -0.05) is 0 Å². The van der Waals surface area contributed by atoms with Crippen LogP contribution in [-0.2, 0) is 12.8 Å². The minimum absolute atomic E-state index is 0.0705. The molecule has 1 aliphatic carbocycles. The van der Waals surface area contributed by atoms with E-state index in [1.54, 1.807) is 12.1 Å². The summed E-state index contributed by atoms with van der Waals surface area (Å²) in [7, 11) is 1.45. The smallest absolute Gasteiger partial charge is 0.348 e. The summed E-state index contributed by atoms with van der Waals surface area (Å²) in [6.07, 6.45) is 1.44. The van der Waals surface area contributed by atoms with Gasteiger partial charge in [0.25, 0.3) is 0 Å². The first-order chi connectivity index (χ1) is 10.1. The first-order valence-electron chi connectivity index (χ1n) is 6.61. The van der Waals surface area contributed by atoms with E-state index >= 15 is 0 Å². The van der Waals surface area contributed by atoms with Crippen LogP contribution in [0.5, 0.6) is 17.2 Å². The molecule has 0 saturated carbocycles. The number of phenols is 2. The molecule has 0 spiro atoms. The predicted molar refractivity (Wildman–Crippen MR) is 77.3 cm³/mol. The number of rotatable bonds is 1. The molecule has 2 N–H and O–H groups in total. The van der Waals surface area contributed by atoms with Crippen molar-refractivity contribution in [3.63, 3.8) is 0 Å². The molecule has 1 heterocycles. The Hall–Kier alpha value is -2.69. The topological polar surface area (TPSA) is 79.9 Å². The van der Waals surface area contributed by atoms with E-state index in [1.165, 1.54) is 13.2 Å². The van der Waals surface area contributed by atoms with Crippen LogP contribution in [0.1, 0.15) is 11.1 Å². The van der Waals surface area contributed by atoms with Crippen molar-refractivity contribution in [2.75, 3.05) is 7.11 Å². The fourth-order valence-electron chi connectivity index (χ4n) is 3.18. The van der Waals surface area contributed by atoms with Gasteiger partial charge in [0.15, 0.2) is 11.5 Å². The zero-order chi connectivity index (χ0) is 14.7. The maximum Gasteiger partial charge on any atom is 0.348 e. The largest absolute Gasteiger partial charge is 0.508 e. The van der Waals surface area contributed by atoms with Crippen molar-refractivity contribution in [3.05, 3.63) is 39.7 Å². The maximum atomic E-state index is 12.2. The summed E-state index contributed by atoms with van der Waals surface area (Å²) in [5, 5.41) is 21.6. The maximum absolute atomic E-state index is 12.2. The number of ether oxygens (including phenoxy) is 1. The van der Waals surface area contributed by atoms with Crippen LogP contribution >= 0.6 is 0 Å². The lowest BCUT2D eigenvalue weighted by Crippen LogP contribution is -2.08. The minimum Gasteiger partial charge on any atom is -0.508 e. The van der Waals surface area contributed by atoms with E-state index in [9.17, 15) is 15.0 Å². The summed E-state index contributed by atoms with van der Waals surface area (Å²) in [5.74, 6) is 0.139. The molecule has 0 unspecified atom stereocenters. The molecule has 3 aromatic rings. The summed E-state index contributed by atoms with van der Waals surface area (Å²) in [4.78, 5) is 12.2. The monoisotopic (exact) mass is 284 g/mol. The van der Waals surface area contributed by atoms with Crippen LogP contribution in [0.15, 0.2) is 27.4 Å². The fraction of sp³-hybridized carbons (Fsp3) is 0.188. The van der Waals surface area contributed by atoms with Crippen molar-refractivity contribution in [1.82, 2.24) is 0 Å². The Morgan fingerprint density at radius 1 is 1.05 bits per heavy atom. The van der Waals surface area contributed by atoms with E-state index in [0.29, 0.717) is 17.4 Å². The van der Waals surface area contributed by atoms with Crippen LogP contribution in [0.2, 0.25) is 0 Å². The average Bonchev–Trinajstić information content (AvgIpc) is 2.45. The minimum atomic E-state index is -0.631. The molecule has 0 radical (unpaired) electrons. The van der Waals surface area contributed by atoms with Gasteiger partial charge in [-0.05, 0) is 36.1 Å². The summed E-state index contributed by atoms with van der Waals surface area (Å²) in [5.41, 5.74) is 1.56. The number of hydrogen-bond acceptors (Lipinski definition) is 5. The van der Waals surface area contributed by atoms with Crippen LogP contribution in [0.4, 0.5) is 0 Å². The van der Waals surface area contributed by atoms with E-state index in [4.69, 9.17) is 9.15 Å². The van der Waals surface area contributed by atoms with Crippen molar-refractivity contribution in [1.29, 1.82) is 0 Å². The Morgan fingerprint density at radius 3 is 2.48 bits per heavy atom. The second-order valence-corrected chi connectivity index (χ2v) is 5.20. The molecule has 4 rings (SSSR count). The second-order valence-electron chi connectivity index (χ2n) is 5.20. The molecular weight excluding hydrogens is 272 g/mol. The van der Waals surface area contributed by atoms with E-state index in [2.05, 4.69) is 0 Å². The highest BCUT2D eigenvalue weighted by molar-refractivity contribution is 6.11. The van der Waals surface area contributed by atoms with Gasteiger partial charge in [0.1, 0.15) is 16.7 Å². The van der Waals surface area contributed by atoms with Gasteiger partial charge in [0, 0.05) is 16.8 Å². The van der Waals surface area contributed by atoms with Crippen LogP contribution in [0.25, 0.3) is 21.7 Å². The lowest BCUT2D eigenvalue weighted by atomic mass is 9.88. The first kappa shape index (κ1) is 12.1. The molecule has 5 nitrogen and oxygen atoms in total. The third-order valence-corrected chi connectivity index (χ3v) is 4.06. The molecule has 0 fully saturated rings. The number of aryl methyl sites for hydroxylation is 2. The normalized spacial score (nSPS) is 13.2. The van der Waals surface area contributed by atoms with Crippen molar-refractivity contribution >= 4 is 21.7 Å². The molecular formula is C16H12O5. The van der Waals surface area contributed by atoms with E-state index in [-0.39, 0.29) is 22.6 Å². The van der Waals surface area contributed by atoms with E-state index in [1.807, 2.05) is 0 Å². The van der Waals surface area contributed by atoms with E-state index in [0.717, 1.165) is 22.9 Å². The SMILES string of the molecule is COc1cc2c3c(c1O)c(=O)oc1cc(O)cc(c13)CC2. The zero-order valence-electron chi connectivity index (χ0n) is 11.3. The third kappa shape index (κ3) is 1.48. The third-order valence-electron chi connectivity index (χ3n) is 4.06. The molecule has 0 aliphatic heterocycles. The summed E-state index contributed by atoms with van der Waals surface area (Å²) in [6, 6.07) is 4.86. The molecule has 106 valence electrons. The number of phenolic OH excluding ortho intramolecular Hbond substituents is 2. The summed E-state index contributed by atoms with van der Waals surface area (Å²) >= 11 is 0. The molecule has 5 heteroatoms. The predicted octanol–water partition coefficient (Wildman–Crippen LogP) is 2.46. The molecule has 1 aliphatic rings. The lowest BCUT2D eigenvalue weighted by molar-refractivity contribution is 0.375. The molecule has 21 heavy (non-hydrogen) atoms. The highest BCUT2D eigenvalue weighted by atomic mass is 16.5. The molecule has 1 aromatic heterocycles. The van der Waals surface area contributed by atoms with Gasteiger partial charge in [0.2, 0.25) is 0 Å². The Bertz CT molecular complexity index is 968. The van der Waals surface area contributed by atoms with Crippen molar-refractivity contribution < 1.29 is 19.4 Å². The highest BCUT2D eigenvalue weighted by Gasteiger charge is 2.24. The van der Waals surface area contributed by atoms with Crippen molar-refractivity contribution in [2.45, 2.75) is 12.8 Å². The Kier molecular flexibility index (Phi) is 2.25. The number of hydrogen-bond donors (Lipinski definition) is 2. The second kappa shape index (κ2) is 3.91. The van der Waals surface area contributed by atoms with Gasteiger partial charge in [-0.3, -0.25) is 0 Å². The highest BCUT2D eigenvalue weighted by Crippen LogP contribution is 2.42. The van der Waals surface area contributed by atoms with Crippen molar-refractivity contribution in [2.24, 2.45) is 0 Å².